The van der Waals surface area contributed by atoms with Crippen molar-refractivity contribution in [3.05, 3.63) is 6.92 Å². The first-order chi connectivity index (χ1) is 3.93. The van der Waals surface area contributed by atoms with Gasteiger partial charge in [0.25, 0.3) is 0 Å². The molecular formula is C6H11O2Zn+. The fourth-order valence-corrected chi connectivity index (χ4v) is 0.703. The van der Waals surface area contributed by atoms with Crippen LogP contribution in [0.1, 0.15) is 12.8 Å². The Kier molecular flexibility index (Phi) is 5.66. The zero-order valence-corrected chi connectivity index (χ0v) is 8.60. The quantitative estimate of drug-likeness (QED) is 0.442. The van der Waals surface area contributed by atoms with Crippen molar-refractivity contribution < 1.29 is 29.0 Å². The van der Waals surface area contributed by atoms with Crippen LogP contribution in [-0.4, -0.2) is 19.5 Å². The molecule has 0 atom stereocenters. The Labute approximate surface area is 68.7 Å². The minimum Gasteiger partial charge on any atom is -0.355 e. The first kappa shape index (κ1) is 9.54. The van der Waals surface area contributed by atoms with Crippen LogP contribution in [0, 0.1) is 6.92 Å². The fourth-order valence-electron chi connectivity index (χ4n) is 0.703. The standard InChI is InChI=1S/C6H11O2.Zn/c1-2-6-7-4-3-5-8-6;/h6H,1-5H2;/q-1;+2. The van der Waals surface area contributed by atoms with Gasteiger partial charge in [-0.05, 0) is 6.42 Å². The third kappa shape index (κ3) is 3.29. The van der Waals surface area contributed by atoms with E-state index in [2.05, 4.69) is 6.92 Å². The second-order valence-corrected chi connectivity index (χ2v) is 1.81. The Morgan fingerprint density at radius 3 is 2.22 bits per heavy atom. The third-order valence-corrected chi connectivity index (χ3v) is 1.13. The van der Waals surface area contributed by atoms with Gasteiger partial charge >= 0.3 is 19.5 Å². The van der Waals surface area contributed by atoms with E-state index >= 15 is 0 Å². The van der Waals surface area contributed by atoms with Crippen LogP contribution in [-0.2, 0) is 29.0 Å². The van der Waals surface area contributed by atoms with E-state index in [4.69, 9.17) is 9.47 Å². The molecule has 2 nitrogen and oxygen atoms in total. The summed E-state index contributed by atoms with van der Waals surface area (Å²) in [6, 6.07) is 0. The number of ether oxygens (including phenoxy) is 2. The molecule has 1 fully saturated rings. The van der Waals surface area contributed by atoms with E-state index in [9.17, 15) is 0 Å². The van der Waals surface area contributed by atoms with Crippen molar-refractivity contribution >= 4 is 0 Å². The second kappa shape index (κ2) is 5.34. The zero-order valence-electron chi connectivity index (χ0n) is 5.64. The minimum absolute atomic E-state index is 0. The largest absolute Gasteiger partial charge is 2.00 e. The van der Waals surface area contributed by atoms with Gasteiger partial charge in [0.05, 0.1) is 13.2 Å². The summed E-state index contributed by atoms with van der Waals surface area (Å²) in [7, 11) is 0. The summed E-state index contributed by atoms with van der Waals surface area (Å²) >= 11 is 0. The number of rotatable bonds is 1. The van der Waals surface area contributed by atoms with Gasteiger partial charge in [-0.15, -0.1) is 6.42 Å². The first-order valence-electron chi connectivity index (χ1n) is 2.96. The molecule has 0 aliphatic carbocycles. The van der Waals surface area contributed by atoms with Crippen LogP contribution in [0.4, 0.5) is 0 Å². The molecule has 1 aliphatic rings. The predicted molar refractivity (Wildman–Crippen MR) is 30.3 cm³/mol. The first-order valence-corrected chi connectivity index (χ1v) is 2.96. The number of hydrogen-bond acceptors (Lipinski definition) is 2. The molecule has 1 aliphatic heterocycles. The molecule has 1 saturated heterocycles. The molecule has 0 aromatic carbocycles. The van der Waals surface area contributed by atoms with E-state index in [0.29, 0.717) is 0 Å². The fraction of sp³-hybridized carbons (Fsp3) is 0.833. The van der Waals surface area contributed by atoms with Gasteiger partial charge < -0.3 is 16.4 Å². The summed E-state index contributed by atoms with van der Waals surface area (Å²) in [4.78, 5) is 0. The van der Waals surface area contributed by atoms with Crippen LogP contribution in [0.2, 0.25) is 0 Å². The third-order valence-electron chi connectivity index (χ3n) is 1.13. The van der Waals surface area contributed by atoms with E-state index in [1.165, 1.54) is 0 Å². The van der Waals surface area contributed by atoms with E-state index in [-0.39, 0.29) is 25.8 Å². The topological polar surface area (TPSA) is 18.5 Å². The molecule has 1 heterocycles. The van der Waals surface area contributed by atoms with Crippen molar-refractivity contribution in [1.29, 1.82) is 0 Å². The summed E-state index contributed by atoms with van der Waals surface area (Å²) in [6.45, 7) is 5.33. The Morgan fingerprint density at radius 2 is 1.89 bits per heavy atom. The van der Waals surface area contributed by atoms with Gasteiger partial charge in [0, 0.05) is 0 Å². The average molecular weight is 181 g/mol. The van der Waals surface area contributed by atoms with Gasteiger partial charge in [0.2, 0.25) is 0 Å². The molecule has 0 amide bonds. The van der Waals surface area contributed by atoms with Crippen LogP contribution >= 0.6 is 0 Å². The molecule has 0 saturated carbocycles. The van der Waals surface area contributed by atoms with Crippen molar-refractivity contribution in [2.24, 2.45) is 0 Å². The van der Waals surface area contributed by atoms with Crippen LogP contribution in [0.5, 0.6) is 0 Å². The number of hydrogen-bond donors (Lipinski definition) is 0. The van der Waals surface area contributed by atoms with Gasteiger partial charge in [0.15, 0.2) is 0 Å². The Morgan fingerprint density at radius 1 is 1.33 bits per heavy atom. The summed E-state index contributed by atoms with van der Waals surface area (Å²) in [5.41, 5.74) is 0. The Hall–Kier alpha value is 0.543. The molecule has 48 valence electrons. The molecule has 0 N–H and O–H groups in total. The summed E-state index contributed by atoms with van der Waals surface area (Å²) in [6.07, 6.45) is 1.72. The molecular weight excluding hydrogens is 169 g/mol. The predicted octanol–water partition coefficient (Wildman–Crippen LogP) is 0.971. The summed E-state index contributed by atoms with van der Waals surface area (Å²) in [5.74, 6) is 0. The van der Waals surface area contributed by atoms with Crippen molar-refractivity contribution in [3.63, 3.8) is 0 Å². The second-order valence-electron chi connectivity index (χ2n) is 1.81. The van der Waals surface area contributed by atoms with E-state index < -0.39 is 0 Å². The Bertz CT molecular complexity index is 62.1. The van der Waals surface area contributed by atoms with Crippen LogP contribution < -0.4 is 0 Å². The van der Waals surface area contributed by atoms with E-state index in [0.717, 1.165) is 26.1 Å². The zero-order chi connectivity index (χ0) is 5.82. The van der Waals surface area contributed by atoms with Gasteiger partial charge in [-0.25, -0.2) is 0 Å². The molecule has 3 heteroatoms. The maximum Gasteiger partial charge on any atom is 2.00 e. The average Bonchev–Trinajstić information content (AvgIpc) is 1.90. The van der Waals surface area contributed by atoms with E-state index in [1.807, 2.05) is 0 Å². The van der Waals surface area contributed by atoms with Crippen molar-refractivity contribution in [2.45, 2.75) is 19.1 Å². The minimum atomic E-state index is -0.0243. The molecule has 0 aromatic rings. The maximum absolute atomic E-state index is 5.14. The molecule has 0 radical (unpaired) electrons. The van der Waals surface area contributed by atoms with Gasteiger partial charge in [0.1, 0.15) is 6.29 Å². The van der Waals surface area contributed by atoms with Crippen LogP contribution in [0.25, 0.3) is 0 Å². The van der Waals surface area contributed by atoms with Crippen molar-refractivity contribution in [3.8, 4) is 0 Å². The molecule has 0 bridgehead atoms. The molecule has 0 unspecified atom stereocenters. The van der Waals surface area contributed by atoms with Gasteiger partial charge in [-0.1, -0.05) is 0 Å². The van der Waals surface area contributed by atoms with Crippen molar-refractivity contribution in [1.82, 2.24) is 0 Å². The molecule has 0 aromatic heterocycles. The van der Waals surface area contributed by atoms with Crippen LogP contribution in [0.15, 0.2) is 0 Å². The van der Waals surface area contributed by atoms with E-state index in [1.54, 1.807) is 0 Å². The summed E-state index contributed by atoms with van der Waals surface area (Å²) < 4.78 is 10.3. The van der Waals surface area contributed by atoms with Gasteiger partial charge in [-0.2, -0.15) is 0 Å². The SMILES string of the molecule is [CH2-]CC1OCCCO1.[Zn+2]. The Balaban J connectivity index is 0.000000640. The maximum atomic E-state index is 5.14. The molecule has 9 heavy (non-hydrogen) atoms. The summed E-state index contributed by atoms with van der Waals surface area (Å²) in [5, 5.41) is 0. The van der Waals surface area contributed by atoms with Gasteiger partial charge in [-0.3, -0.25) is 0 Å². The monoisotopic (exact) mass is 179 g/mol. The van der Waals surface area contributed by atoms with Crippen LogP contribution in [0.3, 0.4) is 0 Å². The normalized spacial score (nSPS) is 21.0. The molecule has 1 rings (SSSR count). The molecule has 0 spiro atoms. The smallest absolute Gasteiger partial charge is 0.355 e. The van der Waals surface area contributed by atoms with Crippen molar-refractivity contribution in [2.75, 3.05) is 13.2 Å².